The molecule has 58 heavy (non-hydrogen) atoms. The Kier molecular flexibility index (Phi) is 18.6. The molecule has 0 aliphatic carbocycles. The minimum atomic E-state index is -5.57. The number of carbonyl (C=O) groups is 3. The summed E-state index contributed by atoms with van der Waals surface area (Å²) in [6.45, 7) is 4.75. The maximum atomic E-state index is 12.7. The fraction of sp³-hybridized carbons (Fsp3) is 0.667. The molecule has 28 heteroatoms. The lowest BCUT2D eigenvalue weighted by Gasteiger charge is -2.30. The van der Waals surface area contributed by atoms with Crippen molar-refractivity contribution in [2.75, 3.05) is 37.8 Å². The van der Waals surface area contributed by atoms with Gasteiger partial charge < -0.3 is 50.9 Å². The third-order valence-electron chi connectivity index (χ3n) is 8.15. The average molecular weight is 906 g/mol. The summed E-state index contributed by atoms with van der Waals surface area (Å²) in [4.78, 5) is 87.6. The van der Waals surface area contributed by atoms with E-state index in [-0.39, 0.29) is 41.6 Å². The first kappa shape index (κ1) is 49.7. The van der Waals surface area contributed by atoms with Gasteiger partial charge in [-0.1, -0.05) is 52.0 Å². The lowest BCUT2D eigenvalue weighted by Crippen LogP contribution is -2.46. The number of hydrogen-bond acceptors (Lipinski definition) is 18. The first-order valence-corrected chi connectivity index (χ1v) is 23.1. The molecule has 0 spiro atoms. The van der Waals surface area contributed by atoms with Crippen LogP contribution in [0.2, 0.25) is 0 Å². The summed E-state index contributed by atoms with van der Waals surface area (Å²) in [6, 6.07) is 0. The van der Waals surface area contributed by atoms with Gasteiger partial charge in [-0.25, -0.2) is 28.6 Å². The van der Waals surface area contributed by atoms with Crippen molar-refractivity contribution in [3.63, 3.8) is 0 Å². The first-order chi connectivity index (χ1) is 26.9. The minimum absolute atomic E-state index is 0.0308. The Hall–Kier alpha value is -2.70. The summed E-state index contributed by atoms with van der Waals surface area (Å²) in [7, 11) is -16.4. The van der Waals surface area contributed by atoms with Crippen molar-refractivity contribution < 1.29 is 80.5 Å². The second kappa shape index (κ2) is 21.7. The Bertz CT molecular complexity index is 1900. The topological polar surface area (TPSA) is 364 Å². The van der Waals surface area contributed by atoms with E-state index in [0.717, 1.165) is 48.2 Å². The molecule has 0 aromatic carbocycles. The lowest BCUT2D eigenvalue weighted by atomic mass is 9.87. The molecule has 0 bridgehead atoms. The lowest BCUT2D eigenvalue weighted by molar-refractivity contribution is -0.137. The van der Waals surface area contributed by atoms with Crippen LogP contribution in [0.3, 0.4) is 0 Å². The van der Waals surface area contributed by atoms with E-state index in [2.05, 4.69) is 48.3 Å². The molecule has 10 N–H and O–H groups in total. The zero-order valence-electron chi connectivity index (χ0n) is 31.9. The van der Waals surface area contributed by atoms with Crippen LogP contribution in [0.4, 0.5) is 5.82 Å². The molecule has 0 radical (unpaired) electrons. The zero-order valence-corrected chi connectivity index (χ0v) is 35.4. The van der Waals surface area contributed by atoms with Crippen LogP contribution < -0.4 is 16.4 Å². The number of thioether (sulfide) groups is 1. The van der Waals surface area contributed by atoms with Gasteiger partial charge in [-0.3, -0.25) is 32.5 Å². The van der Waals surface area contributed by atoms with Crippen LogP contribution in [0.25, 0.3) is 11.2 Å². The van der Waals surface area contributed by atoms with Gasteiger partial charge in [0, 0.05) is 30.7 Å². The summed E-state index contributed by atoms with van der Waals surface area (Å²) in [5.41, 5.74) is 4.27. The van der Waals surface area contributed by atoms with Crippen molar-refractivity contribution >= 4 is 69.1 Å². The van der Waals surface area contributed by atoms with Crippen LogP contribution in [0.15, 0.2) is 24.8 Å². The highest BCUT2D eigenvalue weighted by Gasteiger charge is 2.50. The van der Waals surface area contributed by atoms with E-state index in [4.69, 9.17) is 19.5 Å². The van der Waals surface area contributed by atoms with Crippen molar-refractivity contribution in [1.29, 1.82) is 0 Å². The van der Waals surface area contributed by atoms with Gasteiger partial charge in [0.1, 0.15) is 36.3 Å². The van der Waals surface area contributed by atoms with Gasteiger partial charge in [-0.15, -0.1) is 0 Å². The van der Waals surface area contributed by atoms with Crippen molar-refractivity contribution in [3.05, 3.63) is 24.8 Å². The smallest absolute Gasteiger partial charge is 0.386 e. The highest BCUT2D eigenvalue weighted by molar-refractivity contribution is 8.14. The van der Waals surface area contributed by atoms with Crippen molar-refractivity contribution in [3.8, 4) is 0 Å². The molecule has 2 aromatic heterocycles. The molecule has 3 heterocycles. The molecule has 2 unspecified atom stereocenters. The second-order valence-electron chi connectivity index (χ2n) is 14.0. The predicted molar refractivity (Wildman–Crippen MR) is 205 cm³/mol. The number of aliphatic hydroxyl groups excluding tert-OH is 2. The number of nitrogens with two attached hydrogens (primary N) is 1. The number of nitrogens with one attached hydrogen (secondary N) is 2. The molecule has 1 aliphatic rings. The highest BCUT2D eigenvalue weighted by atomic mass is 32.2. The van der Waals surface area contributed by atoms with Gasteiger partial charge >= 0.3 is 23.5 Å². The van der Waals surface area contributed by atoms with Crippen LogP contribution in [0.1, 0.15) is 59.6 Å². The number of ether oxygens (including phenoxy) is 1. The number of anilines is 1. The molecule has 1 aliphatic heterocycles. The molecule has 24 nitrogen and oxygen atoms in total. The van der Waals surface area contributed by atoms with E-state index in [1.165, 1.54) is 19.9 Å². The number of aliphatic hydroxyl groups is 2. The number of imidazole rings is 1. The summed E-state index contributed by atoms with van der Waals surface area (Å²) in [5.74, 6) is -0.519. The first-order valence-electron chi connectivity index (χ1n) is 17.6. The van der Waals surface area contributed by atoms with Gasteiger partial charge in [0.15, 0.2) is 17.7 Å². The van der Waals surface area contributed by atoms with E-state index < -0.39 is 84.6 Å². The normalized spacial score (nSPS) is 21.6. The summed E-state index contributed by atoms with van der Waals surface area (Å²) in [6.07, 6.45) is -0.701. The largest absolute Gasteiger partial charge is 0.481 e. The number of allylic oxidation sites excluding steroid dienone is 1. The molecular weight excluding hydrogens is 855 g/mol. The quantitative estimate of drug-likeness (QED) is 0.0404. The number of nitrogen functional groups attached to an aromatic ring is 1. The SMILES string of the molecule is CC(C)CCCC=CC(=O)SCCNC(=O)CCNC(=O)[C@H](O)C(C)(C)COP(=O)(O)OP(=O)(O)OC[C@H]1O[C@@H](n2cnc3c(N)ncnc32)[C@H](O)[C@@H]1OP(=O)(O)O. The Balaban J connectivity index is 1.45. The number of phosphoric ester groups is 3. The fourth-order valence-corrected chi connectivity index (χ4v) is 8.58. The molecule has 2 amide bonds. The Morgan fingerprint density at radius 3 is 2.43 bits per heavy atom. The van der Waals surface area contributed by atoms with Gasteiger partial charge in [0.25, 0.3) is 0 Å². The number of amides is 2. The number of carbonyl (C=O) groups excluding carboxylic acids is 3. The Morgan fingerprint density at radius 2 is 1.76 bits per heavy atom. The number of hydrogen-bond donors (Lipinski definition) is 9. The highest BCUT2D eigenvalue weighted by Crippen LogP contribution is 2.61. The van der Waals surface area contributed by atoms with Crippen LogP contribution in [-0.4, -0.2) is 123 Å². The van der Waals surface area contributed by atoms with Crippen LogP contribution in [0.5, 0.6) is 0 Å². The predicted octanol–water partition coefficient (Wildman–Crippen LogP) is 1.05. The number of phosphoric acid groups is 3. The summed E-state index contributed by atoms with van der Waals surface area (Å²) in [5, 5.41) is 26.3. The Labute approximate surface area is 337 Å². The van der Waals surface area contributed by atoms with Gasteiger partial charge in [0.05, 0.1) is 19.5 Å². The maximum Gasteiger partial charge on any atom is 0.481 e. The standard InChI is InChI=1S/C30H50N7O17P3S/c1-18(2)8-6-5-7-9-21(39)58-13-12-32-20(38)10-11-33-28(42)25(41)30(3,4)15-51-57(48,49)54-56(46,47)50-14-19-24(53-55(43,44)45)23(40)29(52-19)37-17-36-22-26(31)34-16-35-27(22)37/h7,9,16-19,23-25,29,40-41H,5-6,8,10-15H2,1-4H3,(H,32,38)(H,33,42)(H,46,47)(H,48,49)(H2,31,34,35)(H2,43,44,45)/t19-,23-,24-,25+,29-/m1/s1. The van der Waals surface area contributed by atoms with Gasteiger partial charge in [-0.2, -0.15) is 4.31 Å². The molecular formula is C30H50N7O17P3S. The van der Waals surface area contributed by atoms with E-state index >= 15 is 0 Å². The van der Waals surface area contributed by atoms with Crippen molar-refractivity contribution in [2.45, 2.75) is 84.0 Å². The average Bonchev–Trinajstić information content (AvgIpc) is 3.67. The second-order valence-corrected chi connectivity index (χ2v) is 19.3. The van der Waals surface area contributed by atoms with Crippen LogP contribution >= 0.6 is 35.2 Å². The monoisotopic (exact) mass is 905 g/mol. The number of nitrogens with zero attached hydrogens (tertiary/aromatic N) is 4. The van der Waals surface area contributed by atoms with E-state index in [1.54, 1.807) is 0 Å². The molecule has 3 rings (SSSR count). The van der Waals surface area contributed by atoms with Crippen LogP contribution in [-0.2, 0) is 50.7 Å². The molecule has 1 saturated heterocycles. The van der Waals surface area contributed by atoms with E-state index in [0.29, 0.717) is 11.7 Å². The van der Waals surface area contributed by atoms with Crippen molar-refractivity contribution in [1.82, 2.24) is 30.2 Å². The molecule has 2 aromatic rings. The van der Waals surface area contributed by atoms with E-state index in [9.17, 15) is 57.9 Å². The zero-order chi connectivity index (χ0) is 43.5. The van der Waals surface area contributed by atoms with E-state index in [1.807, 2.05) is 6.08 Å². The number of fused-ring (bicyclic) bond motifs is 1. The van der Waals surface area contributed by atoms with Gasteiger partial charge in [-0.05, 0) is 24.8 Å². The molecule has 328 valence electrons. The number of aromatic nitrogens is 4. The number of rotatable bonds is 24. The Morgan fingerprint density at radius 1 is 1.07 bits per heavy atom. The maximum absolute atomic E-state index is 12.7. The summed E-state index contributed by atoms with van der Waals surface area (Å²) >= 11 is 1.05. The summed E-state index contributed by atoms with van der Waals surface area (Å²) < 4.78 is 62.2. The fourth-order valence-electron chi connectivity index (χ4n) is 5.15. The van der Waals surface area contributed by atoms with Crippen LogP contribution in [0, 0.1) is 11.3 Å². The van der Waals surface area contributed by atoms with Crippen molar-refractivity contribution in [2.24, 2.45) is 11.3 Å². The molecule has 1 fully saturated rings. The third kappa shape index (κ3) is 16.1. The van der Waals surface area contributed by atoms with Gasteiger partial charge in [0.2, 0.25) is 16.9 Å². The molecule has 7 atom stereocenters. The molecule has 0 saturated carbocycles. The third-order valence-corrected chi connectivity index (χ3v) is 12.1. The minimum Gasteiger partial charge on any atom is -0.386 e. The number of unbranched alkanes of at least 4 members (excludes halogenated alkanes) is 1.